The van der Waals surface area contributed by atoms with Gasteiger partial charge in [0.2, 0.25) is 5.43 Å². The van der Waals surface area contributed by atoms with Gasteiger partial charge in [0.05, 0.1) is 11.1 Å². The largest absolute Gasteiger partial charge is 0.508 e. The molecule has 0 aliphatic carbocycles. The highest BCUT2D eigenvalue weighted by Gasteiger charge is 2.31. The summed E-state index contributed by atoms with van der Waals surface area (Å²) in [5.74, 6) is 0.160. The zero-order chi connectivity index (χ0) is 30.1. The van der Waals surface area contributed by atoms with Crippen molar-refractivity contribution in [1.82, 2.24) is 0 Å². The van der Waals surface area contributed by atoms with E-state index in [4.69, 9.17) is 9.15 Å². The van der Waals surface area contributed by atoms with Gasteiger partial charge in [0.1, 0.15) is 39.7 Å². The third kappa shape index (κ3) is 6.43. The Morgan fingerprint density at radius 1 is 0.927 bits per heavy atom. The summed E-state index contributed by atoms with van der Waals surface area (Å²) in [5, 5.41) is 32.4. The number of phenolic OH excluding ortho intramolecular Hbond substituents is 3. The zero-order valence-corrected chi connectivity index (χ0v) is 25.0. The minimum atomic E-state index is -0.626. The lowest BCUT2D eigenvalue weighted by Gasteiger charge is -2.30. The molecule has 0 fully saturated rings. The molecule has 4 rings (SSSR count). The number of phenols is 3. The molecule has 2 heterocycles. The second kappa shape index (κ2) is 11.7. The molecule has 1 aliphatic rings. The molecule has 0 spiro atoms. The minimum Gasteiger partial charge on any atom is -0.508 e. The number of aromatic hydroxyl groups is 3. The van der Waals surface area contributed by atoms with Crippen molar-refractivity contribution in [3.8, 4) is 34.3 Å². The lowest BCUT2D eigenvalue weighted by atomic mass is 9.92. The number of hydrogen-bond donors (Lipinski definition) is 3. The fourth-order valence-electron chi connectivity index (χ4n) is 4.93. The summed E-state index contributed by atoms with van der Waals surface area (Å²) < 4.78 is 12.8. The van der Waals surface area contributed by atoms with Gasteiger partial charge < -0.3 is 24.5 Å². The highest BCUT2D eigenvalue weighted by atomic mass is 16.5. The molecule has 1 aromatic heterocycles. The van der Waals surface area contributed by atoms with Crippen LogP contribution < -0.4 is 10.2 Å². The van der Waals surface area contributed by atoms with Crippen LogP contribution in [0, 0.1) is 0 Å². The minimum absolute atomic E-state index is 0.0847. The van der Waals surface area contributed by atoms with Crippen LogP contribution in [0.4, 0.5) is 0 Å². The van der Waals surface area contributed by atoms with Crippen LogP contribution in [-0.2, 0) is 12.8 Å². The van der Waals surface area contributed by atoms with E-state index in [2.05, 4.69) is 19.9 Å². The molecule has 3 aromatic rings. The first-order valence-corrected chi connectivity index (χ1v) is 14.0. The average molecular weight is 557 g/mol. The van der Waals surface area contributed by atoms with E-state index in [9.17, 15) is 20.1 Å². The van der Waals surface area contributed by atoms with Gasteiger partial charge in [-0.1, -0.05) is 34.9 Å². The van der Waals surface area contributed by atoms with Gasteiger partial charge in [0, 0.05) is 17.2 Å². The molecule has 1 aliphatic heterocycles. The summed E-state index contributed by atoms with van der Waals surface area (Å²) in [6.07, 6.45) is 12.3. The van der Waals surface area contributed by atoms with Gasteiger partial charge in [-0.25, -0.2) is 0 Å². The van der Waals surface area contributed by atoms with Crippen LogP contribution in [0.3, 0.4) is 0 Å². The smallest absolute Gasteiger partial charge is 0.200 e. The highest BCUT2D eigenvalue weighted by molar-refractivity contribution is 5.97. The molecule has 0 amide bonds. The van der Waals surface area contributed by atoms with E-state index >= 15 is 0 Å². The Kier molecular flexibility index (Phi) is 8.52. The van der Waals surface area contributed by atoms with Crippen LogP contribution in [-0.4, -0.2) is 20.9 Å². The number of ether oxygens (including phenoxy) is 1. The molecular weight excluding hydrogens is 516 g/mol. The lowest BCUT2D eigenvalue weighted by molar-refractivity contribution is 0.157. The molecule has 2 aromatic carbocycles. The first-order chi connectivity index (χ1) is 19.3. The average Bonchev–Trinajstić information content (AvgIpc) is 2.86. The topological polar surface area (TPSA) is 100 Å². The Morgan fingerprint density at radius 2 is 1.61 bits per heavy atom. The monoisotopic (exact) mass is 556 g/mol. The van der Waals surface area contributed by atoms with E-state index in [1.807, 2.05) is 58.9 Å². The summed E-state index contributed by atoms with van der Waals surface area (Å²) in [4.78, 5) is 14.3. The molecule has 6 nitrogen and oxygen atoms in total. The zero-order valence-electron chi connectivity index (χ0n) is 25.0. The van der Waals surface area contributed by atoms with Crippen LogP contribution in [0.5, 0.6) is 23.0 Å². The Hall–Kier alpha value is -4.19. The molecule has 0 saturated heterocycles. The molecule has 6 heteroatoms. The maximum atomic E-state index is 14.3. The Labute approximate surface area is 241 Å². The number of allylic oxidation sites excluding steroid dienone is 6. The number of hydrogen-bond acceptors (Lipinski definition) is 6. The Bertz CT molecular complexity index is 1670. The predicted molar refractivity (Wildman–Crippen MR) is 166 cm³/mol. The first-order valence-electron chi connectivity index (χ1n) is 14.0. The van der Waals surface area contributed by atoms with E-state index in [0.717, 1.165) is 24.0 Å². The van der Waals surface area contributed by atoms with Gasteiger partial charge in [0.15, 0.2) is 5.58 Å². The lowest BCUT2D eigenvalue weighted by Crippen LogP contribution is -2.28. The van der Waals surface area contributed by atoms with Gasteiger partial charge >= 0.3 is 0 Å². The molecule has 216 valence electrons. The Morgan fingerprint density at radius 3 is 2.27 bits per heavy atom. The van der Waals surface area contributed by atoms with Crippen LogP contribution in [0.25, 0.3) is 28.4 Å². The van der Waals surface area contributed by atoms with E-state index < -0.39 is 5.60 Å². The summed E-state index contributed by atoms with van der Waals surface area (Å²) in [5.41, 5.74) is 4.29. The van der Waals surface area contributed by atoms with Crippen molar-refractivity contribution in [2.45, 2.75) is 79.8 Å². The van der Waals surface area contributed by atoms with Crippen molar-refractivity contribution >= 4 is 17.0 Å². The van der Waals surface area contributed by atoms with Gasteiger partial charge in [-0.2, -0.15) is 0 Å². The third-order valence-corrected chi connectivity index (χ3v) is 7.20. The van der Waals surface area contributed by atoms with Crippen molar-refractivity contribution in [2.24, 2.45) is 0 Å². The standard InChI is InChI=1S/C35H40O6/c1-20(2)9-8-10-22(5)12-15-25-30(38)29-31(39)26(14-11-21(3)4)33-27(17-18-35(6,7)41-33)34(29)40-32(25)24-16-13-23(36)19-28(24)37/h9,11-13,16-19,36-37,39H,8,10,14-15H2,1-7H3. The fourth-order valence-corrected chi connectivity index (χ4v) is 4.93. The normalized spacial score (nSPS) is 14.0. The molecule has 0 bridgehead atoms. The fraction of sp³-hybridized carbons (Fsp3) is 0.343. The van der Waals surface area contributed by atoms with Crippen molar-refractivity contribution in [3.63, 3.8) is 0 Å². The highest BCUT2D eigenvalue weighted by Crippen LogP contribution is 2.46. The number of rotatable bonds is 8. The van der Waals surface area contributed by atoms with Gasteiger partial charge in [-0.15, -0.1) is 0 Å². The maximum absolute atomic E-state index is 14.3. The second-order valence-electron chi connectivity index (χ2n) is 11.8. The van der Waals surface area contributed by atoms with E-state index in [-0.39, 0.29) is 51.4 Å². The van der Waals surface area contributed by atoms with Crippen LogP contribution in [0.15, 0.2) is 68.4 Å². The molecule has 0 atom stereocenters. The molecule has 0 radical (unpaired) electrons. The summed E-state index contributed by atoms with van der Waals surface area (Å²) in [6.45, 7) is 13.9. The number of fused-ring (bicyclic) bond motifs is 3. The van der Waals surface area contributed by atoms with Crippen LogP contribution in [0.2, 0.25) is 0 Å². The predicted octanol–water partition coefficient (Wildman–Crippen LogP) is 8.50. The van der Waals surface area contributed by atoms with E-state index in [1.54, 1.807) is 0 Å². The number of benzene rings is 2. The van der Waals surface area contributed by atoms with Gasteiger partial charge in [0.25, 0.3) is 0 Å². The van der Waals surface area contributed by atoms with Crippen molar-refractivity contribution in [2.75, 3.05) is 0 Å². The summed E-state index contributed by atoms with van der Waals surface area (Å²) >= 11 is 0. The quantitative estimate of drug-likeness (QED) is 0.241. The van der Waals surface area contributed by atoms with E-state index in [1.165, 1.54) is 23.8 Å². The summed E-state index contributed by atoms with van der Waals surface area (Å²) in [6, 6.07) is 4.17. The second-order valence-corrected chi connectivity index (χ2v) is 11.8. The molecule has 41 heavy (non-hydrogen) atoms. The van der Waals surface area contributed by atoms with Gasteiger partial charge in [-0.3, -0.25) is 4.79 Å². The van der Waals surface area contributed by atoms with Crippen LogP contribution >= 0.6 is 0 Å². The SMILES string of the molecule is CC(C)=CCCC(C)=CCc1c(-c2ccc(O)cc2O)oc2c3c(c(CC=C(C)C)c(O)c2c1=O)OC(C)(C)C=C3. The Balaban J connectivity index is 2.03. The van der Waals surface area contributed by atoms with E-state index in [0.29, 0.717) is 28.9 Å². The van der Waals surface area contributed by atoms with Crippen molar-refractivity contribution < 1.29 is 24.5 Å². The third-order valence-electron chi connectivity index (χ3n) is 7.20. The molecule has 0 saturated carbocycles. The first kappa shape index (κ1) is 29.8. The maximum Gasteiger partial charge on any atom is 0.200 e. The van der Waals surface area contributed by atoms with Crippen molar-refractivity contribution in [1.29, 1.82) is 0 Å². The summed E-state index contributed by atoms with van der Waals surface area (Å²) in [7, 11) is 0. The molecular formula is C35H40O6. The van der Waals surface area contributed by atoms with Gasteiger partial charge in [-0.05, 0) is 98.4 Å². The molecule has 3 N–H and O–H groups in total. The van der Waals surface area contributed by atoms with Crippen LogP contribution in [0.1, 0.15) is 78.0 Å². The van der Waals surface area contributed by atoms with Crippen molar-refractivity contribution in [3.05, 3.63) is 86.1 Å². The molecule has 0 unspecified atom stereocenters.